The van der Waals surface area contributed by atoms with Crippen LogP contribution in [0.2, 0.25) is 0 Å². The van der Waals surface area contributed by atoms with Crippen molar-refractivity contribution >= 4 is 17.5 Å². The highest BCUT2D eigenvalue weighted by atomic mass is 32.2. The van der Waals surface area contributed by atoms with Crippen LogP contribution in [0.5, 0.6) is 0 Å². The zero-order chi connectivity index (χ0) is 18.6. The van der Waals surface area contributed by atoms with Crippen molar-refractivity contribution in [2.75, 3.05) is 19.5 Å². The Morgan fingerprint density at radius 1 is 1.28 bits per heavy atom. The summed E-state index contributed by atoms with van der Waals surface area (Å²) in [4.78, 5) is 12.6. The normalized spacial score (nSPS) is 12.4. The first-order valence-electron chi connectivity index (χ1n) is 8.11. The molecule has 0 saturated carbocycles. The number of methoxy groups -OCH3 is 1. The molecule has 1 heterocycles. The van der Waals surface area contributed by atoms with Crippen LogP contribution in [0.3, 0.4) is 0 Å². The van der Waals surface area contributed by atoms with Crippen molar-refractivity contribution in [3.8, 4) is 0 Å². The summed E-state index contributed by atoms with van der Waals surface area (Å²) in [6.07, 6.45) is 0. The Kier molecular flexibility index (Phi) is 6.79. The molecule has 0 N–H and O–H groups in total. The number of carbonyl (C=O) groups excluding carboxylic acids is 1. The van der Waals surface area contributed by atoms with Gasteiger partial charge in [0.2, 0.25) is 0 Å². The molecule has 0 radical (unpaired) electrons. The minimum Gasteiger partial charge on any atom is -0.383 e. The summed E-state index contributed by atoms with van der Waals surface area (Å²) in [5, 5.41) is -0.442. The maximum absolute atomic E-state index is 13.8. The Hall–Kier alpha value is -1.66. The van der Waals surface area contributed by atoms with Crippen LogP contribution < -0.4 is 0 Å². The number of aryl methyl sites for hydroxylation is 1. The van der Waals surface area contributed by atoms with Crippen molar-refractivity contribution in [1.82, 2.24) is 4.57 Å². The Morgan fingerprint density at radius 3 is 2.52 bits per heavy atom. The number of carbonyl (C=O) groups is 1. The highest BCUT2D eigenvalue weighted by Crippen LogP contribution is 2.32. The SMILES string of the molecule is COCCn1c(C)cc(C(=O)CSC(C)c2c(F)cccc2F)c1C. The van der Waals surface area contributed by atoms with Gasteiger partial charge in [0.05, 0.1) is 12.4 Å². The number of thioether (sulfide) groups is 1. The number of aromatic nitrogens is 1. The fourth-order valence-electron chi connectivity index (χ4n) is 2.87. The molecule has 136 valence electrons. The average Bonchev–Trinajstić information content (AvgIpc) is 2.85. The summed E-state index contributed by atoms with van der Waals surface area (Å²) in [6, 6.07) is 5.68. The Balaban J connectivity index is 2.08. The fourth-order valence-corrected chi connectivity index (χ4v) is 3.82. The molecule has 0 saturated heterocycles. The van der Waals surface area contributed by atoms with E-state index in [2.05, 4.69) is 0 Å². The molecule has 25 heavy (non-hydrogen) atoms. The molecular weight excluding hydrogens is 344 g/mol. The number of ether oxygens (including phenoxy) is 1. The molecule has 0 aliphatic heterocycles. The molecular formula is C19H23F2NO2S. The molecule has 0 bridgehead atoms. The van der Waals surface area contributed by atoms with E-state index in [-0.39, 0.29) is 17.1 Å². The van der Waals surface area contributed by atoms with E-state index in [1.165, 1.54) is 30.0 Å². The lowest BCUT2D eigenvalue weighted by atomic mass is 10.1. The van der Waals surface area contributed by atoms with Gasteiger partial charge < -0.3 is 9.30 Å². The minimum absolute atomic E-state index is 0.0193. The standard InChI is InChI=1S/C19H23F2NO2S/c1-12-10-15(13(2)22(12)8-9-24-4)18(23)11-25-14(3)19-16(20)6-5-7-17(19)21/h5-7,10,14H,8-9,11H2,1-4H3. The Morgan fingerprint density at radius 2 is 1.92 bits per heavy atom. The lowest BCUT2D eigenvalue weighted by molar-refractivity contribution is 0.102. The summed E-state index contributed by atoms with van der Waals surface area (Å²) >= 11 is 1.24. The van der Waals surface area contributed by atoms with Crippen LogP contribution in [0.15, 0.2) is 24.3 Å². The van der Waals surface area contributed by atoms with Crippen LogP contribution in [0.25, 0.3) is 0 Å². The second-order valence-electron chi connectivity index (χ2n) is 5.94. The monoisotopic (exact) mass is 367 g/mol. The van der Waals surface area contributed by atoms with Gasteiger partial charge in [-0.3, -0.25) is 4.79 Å². The van der Waals surface area contributed by atoms with E-state index in [1.54, 1.807) is 14.0 Å². The second kappa shape index (κ2) is 8.63. The first-order chi connectivity index (χ1) is 11.9. The molecule has 2 aromatic rings. The highest BCUT2D eigenvalue weighted by Gasteiger charge is 2.20. The largest absolute Gasteiger partial charge is 0.383 e. The number of halogens is 2. The van der Waals surface area contributed by atoms with Crippen LogP contribution in [-0.4, -0.2) is 29.8 Å². The van der Waals surface area contributed by atoms with Crippen LogP contribution in [0.4, 0.5) is 8.78 Å². The quantitative estimate of drug-likeness (QED) is 0.634. The lowest BCUT2D eigenvalue weighted by Gasteiger charge is -2.13. The molecule has 1 aromatic heterocycles. The van der Waals surface area contributed by atoms with Gasteiger partial charge in [-0.25, -0.2) is 8.78 Å². The number of hydrogen-bond acceptors (Lipinski definition) is 3. The van der Waals surface area contributed by atoms with Crippen LogP contribution in [0, 0.1) is 25.5 Å². The van der Waals surface area contributed by atoms with Crippen molar-refractivity contribution in [1.29, 1.82) is 0 Å². The van der Waals surface area contributed by atoms with E-state index in [0.717, 1.165) is 11.4 Å². The van der Waals surface area contributed by atoms with E-state index >= 15 is 0 Å². The second-order valence-corrected chi connectivity index (χ2v) is 7.27. The van der Waals surface area contributed by atoms with Gasteiger partial charge in [-0.2, -0.15) is 0 Å². The number of nitrogens with zero attached hydrogens (tertiary/aromatic N) is 1. The first kappa shape index (κ1) is 19.7. The van der Waals surface area contributed by atoms with Gasteiger partial charge in [0.25, 0.3) is 0 Å². The predicted molar refractivity (Wildman–Crippen MR) is 97.3 cm³/mol. The fraction of sp³-hybridized carbons (Fsp3) is 0.421. The maximum atomic E-state index is 13.8. The highest BCUT2D eigenvalue weighted by molar-refractivity contribution is 8.00. The zero-order valence-corrected chi connectivity index (χ0v) is 15.8. The smallest absolute Gasteiger partial charge is 0.174 e. The molecule has 0 spiro atoms. The summed E-state index contributed by atoms with van der Waals surface area (Å²) in [7, 11) is 1.64. The molecule has 6 heteroatoms. The Labute approximate surface area is 151 Å². The van der Waals surface area contributed by atoms with Gasteiger partial charge in [0.15, 0.2) is 5.78 Å². The van der Waals surface area contributed by atoms with Gasteiger partial charge in [-0.05, 0) is 39.0 Å². The van der Waals surface area contributed by atoms with Crippen molar-refractivity contribution in [3.63, 3.8) is 0 Å². The van der Waals surface area contributed by atoms with Crippen LogP contribution >= 0.6 is 11.8 Å². The number of rotatable bonds is 8. The van der Waals surface area contributed by atoms with E-state index in [1.807, 2.05) is 24.5 Å². The van der Waals surface area contributed by atoms with E-state index in [9.17, 15) is 13.6 Å². The van der Waals surface area contributed by atoms with Gasteiger partial charge in [0, 0.05) is 41.4 Å². The van der Waals surface area contributed by atoms with Gasteiger partial charge in [-0.15, -0.1) is 11.8 Å². The molecule has 1 aromatic carbocycles. The minimum atomic E-state index is -0.579. The molecule has 1 atom stereocenters. The van der Waals surface area contributed by atoms with E-state index in [4.69, 9.17) is 4.74 Å². The predicted octanol–water partition coefficient (Wildman–Crippen LogP) is 4.71. The summed E-state index contributed by atoms with van der Waals surface area (Å²) in [5.41, 5.74) is 2.56. The number of hydrogen-bond donors (Lipinski definition) is 0. The number of benzene rings is 1. The van der Waals surface area contributed by atoms with Crippen molar-refractivity contribution in [2.24, 2.45) is 0 Å². The zero-order valence-electron chi connectivity index (χ0n) is 14.9. The topological polar surface area (TPSA) is 31.2 Å². The molecule has 0 aliphatic carbocycles. The van der Waals surface area contributed by atoms with Gasteiger partial charge in [-0.1, -0.05) is 6.07 Å². The van der Waals surface area contributed by atoms with Crippen LogP contribution in [0.1, 0.15) is 39.5 Å². The van der Waals surface area contributed by atoms with Crippen molar-refractivity contribution < 1.29 is 18.3 Å². The summed E-state index contributed by atoms with van der Waals surface area (Å²) in [5.74, 6) is -1.02. The summed E-state index contributed by atoms with van der Waals surface area (Å²) < 4.78 is 34.8. The molecule has 0 fully saturated rings. The van der Waals surface area contributed by atoms with Gasteiger partial charge >= 0.3 is 0 Å². The molecule has 2 rings (SSSR count). The third-order valence-corrected chi connectivity index (χ3v) is 5.43. The summed E-state index contributed by atoms with van der Waals surface area (Å²) in [6.45, 7) is 6.82. The van der Waals surface area contributed by atoms with E-state index in [0.29, 0.717) is 18.7 Å². The van der Waals surface area contributed by atoms with Crippen molar-refractivity contribution in [3.05, 3.63) is 58.4 Å². The molecule has 1 unspecified atom stereocenters. The third-order valence-electron chi connectivity index (χ3n) is 4.26. The number of ketones is 1. The number of Topliss-reactive ketones (excluding diaryl/α,β-unsaturated/α-hetero) is 1. The molecule has 3 nitrogen and oxygen atoms in total. The van der Waals surface area contributed by atoms with Crippen LogP contribution in [-0.2, 0) is 11.3 Å². The maximum Gasteiger partial charge on any atom is 0.174 e. The van der Waals surface area contributed by atoms with Gasteiger partial charge in [0.1, 0.15) is 11.6 Å². The lowest BCUT2D eigenvalue weighted by Crippen LogP contribution is -2.10. The molecule has 0 amide bonds. The average molecular weight is 367 g/mol. The van der Waals surface area contributed by atoms with E-state index < -0.39 is 16.9 Å². The molecule has 0 aliphatic rings. The Bertz CT molecular complexity index is 738. The first-order valence-corrected chi connectivity index (χ1v) is 9.16. The third kappa shape index (κ3) is 4.50. The van der Waals surface area contributed by atoms with Crippen molar-refractivity contribution in [2.45, 2.75) is 32.6 Å².